The van der Waals surface area contributed by atoms with E-state index in [2.05, 4.69) is 15.3 Å². The van der Waals surface area contributed by atoms with E-state index in [4.69, 9.17) is 4.74 Å². The first kappa shape index (κ1) is 16.4. The second-order valence-electron chi connectivity index (χ2n) is 5.64. The Morgan fingerprint density at radius 1 is 1.15 bits per heavy atom. The molecule has 0 aliphatic carbocycles. The Morgan fingerprint density at radius 3 is 2.85 bits per heavy atom. The molecule has 2 N–H and O–H groups in total. The van der Waals surface area contributed by atoms with Gasteiger partial charge in [-0.1, -0.05) is 41.7 Å². The maximum absolute atomic E-state index is 10.2. The molecule has 1 aliphatic heterocycles. The third-order valence-electron chi connectivity index (χ3n) is 3.91. The average Bonchev–Trinajstić information content (AvgIpc) is 3.21. The van der Waals surface area contributed by atoms with Crippen molar-refractivity contribution in [1.82, 2.24) is 4.98 Å². The number of aliphatic imine (C=N–C) groups is 1. The first-order chi connectivity index (χ1) is 12.7. The summed E-state index contributed by atoms with van der Waals surface area (Å²) in [6.45, 7) is 2.52. The van der Waals surface area contributed by atoms with E-state index < -0.39 is 0 Å². The van der Waals surface area contributed by atoms with Crippen LogP contribution >= 0.6 is 11.3 Å². The van der Waals surface area contributed by atoms with Crippen LogP contribution in [0.1, 0.15) is 17.4 Å². The number of nitrogens with zero attached hydrogens (tertiary/aromatic N) is 2. The molecule has 0 radical (unpaired) electrons. The van der Waals surface area contributed by atoms with E-state index in [1.54, 1.807) is 6.21 Å². The van der Waals surface area contributed by atoms with Crippen LogP contribution in [-0.2, 0) is 0 Å². The number of fused-ring (bicyclic) bond motifs is 1. The van der Waals surface area contributed by atoms with Gasteiger partial charge in [-0.15, -0.1) is 0 Å². The van der Waals surface area contributed by atoms with Crippen molar-refractivity contribution in [3.8, 4) is 11.6 Å². The molecule has 0 saturated heterocycles. The molecule has 2 heterocycles. The summed E-state index contributed by atoms with van der Waals surface area (Å²) in [4.78, 5) is 9.29. The molecule has 0 spiro atoms. The van der Waals surface area contributed by atoms with E-state index in [0.29, 0.717) is 16.6 Å². The highest BCUT2D eigenvalue weighted by atomic mass is 32.1. The van der Waals surface area contributed by atoms with Crippen LogP contribution in [0.15, 0.2) is 53.5 Å². The van der Waals surface area contributed by atoms with E-state index in [9.17, 15) is 5.11 Å². The van der Waals surface area contributed by atoms with Crippen LogP contribution in [0.3, 0.4) is 0 Å². The van der Waals surface area contributed by atoms with E-state index in [1.165, 1.54) is 11.3 Å². The van der Waals surface area contributed by atoms with Crippen LogP contribution in [0.2, 0.25) is 0 Å². The van der Waals surface area contributed by atoms with Gasteiger partial charge in [0.1, 0.15) is 5.75 Å². The predicted molar refractivity (Wildman–Crippen MR) is 107 cm³/mol. The summed E-state index contributed by atoms with van der Waals surface area (Å²) in [7, 11) is 0. The minimum Gasteiger partial charge on any atom is -0.492 e. The summed E-state index contributed by atoms with van der Waals surface area (Å²) in [5, 5.41) is 14.1. The second kappa shape index (κ2) is 7.01. The largest absolute Gasteiger partial charge is 0.492 e. The lowest BCUT2D eigenvalue weighted by Crippen LogP contribution is -1.97. The van der Waals surface area contributed by atoms with E-state index in [0.717, 1.165) is 28.3 Å². The summed E-state index contributed by atoms with van der Waals surface area (Å²) in [6.07, 6.45) is 3.71. The SMILES string of the molecule is CCOc1ccccc1Nc1nc(O)c(/C=C2/C=Nc3ccccc32)s1. The van der Waals surface area contributed by atoms with Crippen LogP contribution in [0, 0.1) is 0 Å². The zero-order valence-corrected chi connectivity index (χ0v) is 15.0. The van der Waals surface area contributed by atoms with Gasteiger partial charge in [0, 0.05) is 17.4 Å². The topological polar surface area (TPSA) is 66.7 Å². The summed E-state index contributed by atoms with van der Waals surface area (Å²) in [5.41, 5.74) is 3.76. The quantitative estimate of drug-likeness (QED) is 0.650. The van der Waals surface area contributed by atoms with Crippen LogP contribution in [0.5, 0.6) is 11.6 Å². The molecule has 26 heavy (non-hydrogen) atoms. The molecule has 0 atom stereocenters. The molecule has 0 saturated carbocycles. The van der Waals surface area contributed by atoms with Gasteiger partial charge in [0.2, 0.25) is 5.88 Å². The fourth-order valence-electron chi connectivity index (χ4n) is 2.73. The zero-order valence-electron chi connectivity index (χ0n) is 14.1. The number of hydrogen-bond donors (Lipinski definition) is 2. The van der Waals surface area contributed by atoms with Gasteiger partial charge in [-0.2, -0.15) is 4.98 Å². The van der Waals surface area contributed by atoms with Gasteiger partial charge in [0.15, 0.2) is 5.13 Å². The van der Waals surface area contributed by atoms with Crippen molar-refractivity contribution < 1.29 is 9.84 Å². The number of para-hydroxylation sites is 3. The van der Waals surface area contributed by atoms with Gasteiger partial charge in [0.25, 0.3) is 0 Å². The molecule has 0 unspecified atom stereocenters. The lowest BCUT2D eigenvalue weighted by molar-refractivity contribution is 0.342. The number of aromatic hydroxyl groups is 1. The van der Waals surface area contributed by atoms with Crippen molar-refractivity contribution in [2.24, 2.45) is 4.99 Å². The summed E-state index contributed by atoms with van der Waals surface area (Å²) in [5.74, 6) is 0.748. The predicted octanol–water partition coefficient (Wildman–Crippen LogP) is 5.25. The van der Waals surface area contributed by atoms with Crippen molar-refractivity contribution >= 4 is 45.7 Å². The Kier molecular flexibility index (Phi) is 4.41. The van der Waals surface area contributed by atoms with Crippen molar-refractivity contribution in [2.75, 3.05) is 11.9 Å². The normalized spacial score (nSPS) is 13.8. The van der Waals surface area contributed by atoms with Crippen molar-refractivity contribution in [1.29, 1.82) is 0 Å². The third-order valence-corrected chi connectivity index (χ3v) is 4.81. The van der Waals surface area contributed by atoms with Gasteiger partial charge in [0.05, 0.1) is 22.9 Å². The number of benzene rings is 2. The highest BCUT2D eigenvalue weighted by Gasteiger charge is 2.15. The molecule has 2 aromatic carbocycles. The molecule has 130 valence electrons. The first-order valence-corrected chi connectivity index (χ1v) is 9.10. The number of ether oxygens (including phenoxy) is 1. The number of anilines is 2. The minimum absolute atomic E-state index is 0.00308. The number of aromatic nitrogens is 1. The van der Waals surface area contributed by atoms with Gasteiger partial charge < -0.3 is 15.2 Å². The lowest BCUT2D eigenvalue weighted by Gasteiger charge is -2.09. The molecule has 1 aliphatic rings. The van der Waals surface area contributed by atoms with Gasteiger partial charge in [-0.3, -0.25) is 4.99 Å². The molecule has 5 nitrogen and oxygen atoms in total. The highest BCUT2D eigenvalue weighted by Crippen LogP contribution is 2.38. The fraction of sp³-hybridized carbons (Fsp3) is 0.100. The van der Waals surface area contributed by atoms with Gasteiger partial charge in [-0.05, 0) is 31.2 Å². The van der Waals surface area contributed by atoms with Gasteiger partial charge in [-0.25, -0.2) is 0 Å². The molecule has 3 aromatic rings. The molecule has 0 bridgehead atoms. The maximum Gasteiger partial charge on any atom is 0.231 e. The smallest absolute Gasteiger partial charge is 0.231 e. The molecule has 6 heteroatoms. The average molecular weight is 363 g/mol. The first-order valence-electron chi connectivity index (χ1n) is 8.28. The fourth-order valence-corrected chi connectivity index (χ4v) is 3.56. The molecule has 1 aromatic heterocycles. The lowest BCUT2D eigenvalue weighted by atomic mass is 10.1. The molecule has 0 amide bonds. The Balaban J connectivity index is 1.62. The second-order valence-corrected chi connectivity index (χ2v) is 6.67. The van der Waals surface area contributed by atoms with Crippen molar-refractivity contribution in [2.45, 2.75) is 6.92 Å². The number of nitrogens with one attached hydrogen (secondary N) is 1. The van der Waals surface area contributed by atoms with Crippen LogP contribution < -0.4 is 10.1 Å². The summed E-state index contributed by atoms with van der Waals surface area (Å²) in [6, 6.07) is 15.6. The Labute approximate surface area is 155 Å². The highest BCUT2D eigenvalue weighted by molar-refractivity contribution is 7.16. The zero-order chi connectivity index (χ0) is 17.9. The van der Waals surface area contributed by atoms with Crippen LogP contribution in [0.4, 0.5) is 16.5 Å². The Hall–Kier alpha value is -3.12. The minimum atomic E-state index is -0.00308. The number of thiazole rings is 1. The molecule has 4 rings (SSSR count). The monoisotopic (exact) mass is 363 g/mol. The van der Waals surface area contributed by atoms with E-state index >= 15 is 0 Å². The van der Waals surface area contributed by atoms with Gasteiger partial charge >= 0.3 is 0 Å². The van der Waals surface area contributed by atoms with Crippen molar-refractivity contribution in [3.05, 3.63) is 59.0 Å². The number of rotatable bonds is 5. The molecular formula is C20H17N3O2S. The third kappa shape index (κ3) is 3.19. The van der Waals surface area contributed by atoms with E-state index in [1.807, 2.05) is 61.5 Å². The Morgan fingerprint density at radius 2 is 1.96 bits per heavy atom. The Bertz CT molecular complexity index is 1010. The van der Waals surface area contributed by atoms with Crippen molar-refractivity contribution in [3.63, 3.8) is 0 Å². The van der Waals surface area contributed by atoms with E-state index in [-0.39, 0.29) is 5.88 Å². The summed E-state index contributed by atoms with van der Waals surface area (Å²) >= 11 is 1.38. The maximum atomic E-state index is 10.2. The van der Waals surface area contributed by atoms with Crippen LogP contribution in [-0.4, -0.2) is 22.9 Å². The van der Waals surface area contributed by atoms with Crippen LogP contribution in [0.25, 0.3) is 11.6 Å². The molecule has 0 fully saturated rings. The summed E-state index contributed by atoms with van der Waals surface area (Å²) < 4.78 is 5.62. The number of allylic oxidation sites excluding steroid dienone is 1. The number of hydrogen-bond acceptors (Lipinski definition) is 6. The standard InChI is InChI=1S/C20H17N3O2S/c1-2-25-17-10-6-5-9-16(17)22-20-23-19(24)18(26-20)11-13-12-21-15-8-4-3-7-14(13)15/h3-12,24H,2H2,1H3,(H,22,23)/b13-11-. The molecular weight excluding hydrogens is 346 g/mol.